The topological polar surface area (TPSA) is 116 Å². The Bertz CT molecular complexity index is 1030. The first-order chi connectivity index (χ1) is 14.6. The first kappa shape index (κ1) is 20.1. The summed E-state index contributed by atoms with van der Waals surface area (Å²) in [5.41, 5.74) is 0.0412. The normalized spacial score (nSPS) is 14.5. The molecule has 10 heteroatoms. The molecular formula is C20H21N5O4S. The molecule has 0 radical (unpaired) electrons. The number of nitrogens with zero attached hydrogens (tertiary/aromatic N) is 4. The van der Waals surface area contributed by atoms with Gasteiger partial charge in [0.2, 0.25) is 11.7 Å². The van der Waals surface area contributed by atoms with Crippen LogP contribution in [0.4, 0.5) is 11.4 Å². The summed E-state index contributed by atoms with van der Waals surface area (Å²) >= 11 is 1.27. The Kier molecular flexibility index (Phi) is 6.12. The van der Waals surface area contributed by atoms with E-state index in [1.807, 2.05) is 12.1 Å². The van der Waals surface area contributed by atoms with E-state index in [4.69, 9.17) is 4.42 Å². The molecule has 4 rings (SSSR count). The summed E-state index contributed by atoms with van der Waals surface area (Å²) in [7, 11) is 0. The number of hydrogen-bond donors (Lipinski definition) is 1. The van der Waals surface area contributed by atoms with Crippen molar-refractivity contribution in [3.05, 3.63) is 52.8 Å². The van der Waals surface area contributed by atoms with Gasteiger partial charge in [0.25, 0.3) is 5.69 Å². The molecule has 156 valence electrons. The second kappa shape index (κ2) is 9.12. The molecule has 2 aromatic heterocycles. The van der Waals surface area contributed by atoms with Crippen molar-refractivity contribution in [1.29, 1.82) is 0 Å². The second-order valence-corrected chi connectivity index (χ2v) is 8.00. The third kappa shape index (κ3) is 4.38. The van der Waals surface area contributed by atoms with Crippen LogP contribution in [0.1, 0.15) is 38.1 Å². The first-order valence-electron chi connectivity index (χ1n) is 9.78. The number of nitro groups is 1. The highest BCUT2D eigenvalue weighted by atomic mass is 32.2. The van der Waals surface area contributed by atoms with Gasteiger partial charge in [-0.25, -0.2) is 0 Å². The SMILES string of the molecule is O=C(CSc1nnc(-c2ccco2)n1C1CCCCC1)Nc1ccccc1[N+](=O)[O-]. The molecule has 1 aliphatic carbocycles. The number of hydrogen-bond acceptors (Lipinski definition) is 7. The zero-order valence-corrected chi connectivity index (χ0v) is 17.0. The molecule has 1 amide bonds. The van der Waals surface area contributed by atoms with E-state index in [1.54, 1.807) is 18.4 Å². The molecule has 0 saturated heterocycles. The van der Waals surface area contributed by atoms with Crippen molar-refractivity contribution in [2.24, 2.45) is 0 Å². The number of carbonyl (C=O) groups is 1. The van der Waals surface area contributed by atoms with Gasteiger partial charge >= 0.3 is 0 Å². The van der Waals surface area contributed by atoms with E-state index >= 15 is 0 Å². The highest BCUT2D eigenvalue weighted by Crippen LogP contribution is 2.35. The van der Waals surface area contributed by atoms with Gasteiger partial charge in [0, 0.05) is 12.1 Å². The molecule has 3 aromatic rings. The lowest BCUT2D eigenvalue weighted by atomic mass is 9.95. The smallest absolute Gasteiger partial charge is 0.292 e. The van der Waals surface area contributed by atoms with Gasteiger partial charge in [-0.3, -0.25) is 19.5 Å². The maximum absolute atomic E-state index is 12.5. The number of nitrogens with one attached hydrogen (secondary N) is 1. The molecule has 0 atom stereocenters. The van der Waals surface area contributed by atoms with Crippen molar-refractivity contribution in [2.45, 2.75) is 43.3 Å². The monoisotopic (exact) mass is 427 g/mol. The number of nitro benzene ring substituents is 1. The van der Waals surface area contributed by atoms with Crippen LogP contribution in [-0.2, 0) is 4.79 Å². The molecule has 2 heterocycles. The molecule has 30 heavy (non-hydrogen) atoms. The Labute approximate surface area is 177 Å². The summed E-state index contributed by atoms with van der Waals surface area (Å²) in [6.45, 7) is 0. The zero-order valence-electron chi connectivity index (χ0n) is 16.2. The molecule has 1 N–H and O–H groups in total. The van der Waals surface area contributed by atoms with Crippen molar-refractivity contribution in [3.63, 3.8) is 0 Å². The number of para-hydroxylation sites is 2. The highest BCUT2D eigenvalue weighted by Gasteiger charge is 2.25. The summed E-state index contributed by atoms with van der Waals surface area (Å²) in [6, 6.07) is 9.99. The minimum Gasteiger partial charge on any atom is -0.461 e. The van der Waals surface area contributed by atoms with E-state index < -0.39 is 4.92 Å². The van der Waals surface area contributed by atoms with Crippen molar-refractivity contribution in [3.8, 4) is 11.6 Å². The maximum atomic E-state index is 12.5. The Morgan fingerprint density at radius 3 is 2.73 bits per heavy atom. The van der Waals surface area contributed by atoms with E-state index in [0.717, 1.165) is 25.7 Å². The third-order valence-corrected chi connectivity index (χ3v) is 6.00. The minimum atomic E-state index is -0.516. The lowest BCUT2D eigenvalue weighted by Crippen LogP contribution is -2.17. The fourth-order valence-electron chi connectivity index (χ4n) is 3.67. The van der Waals surface area contributed by atoms with Crippen LogP contribution >= 0.6 is 11.8 Å². The van der Waals surface area contributed by atoms with Gasteiger partial charge in [0.05, 0.1) is 16.9 Å². The van der Waals surface area contributed by atoms with Gasteiger partial charge < -0.3 is 9.73 Å². The van der Waals surface area contributed by atoms with Crippen LogP contribution in [0.2, 0.25) is 0 Å². The predicted molar refractivity (Wildman–Crippen MR) is 112 cm³/mol. The lowest BCUT2D eigenvalue weighted by molar-refractivity contribution is -0.383. The lowest BCUT2D eigenvalue weighted by Gasteiger charge is -2.25. The van der Waals surface area contributed by atoms with E-state index in [-0.39, 0.29) is 29.1 Å². The summed E-state index contributed by atoms with van der Waals surface area (Å²) in [4.78, 5) is 23.1. The number of benzene rings is 1. The van der Waals surface area contributed by atoms with Gasteiger partial charge in [0.1, 0.15) is 5.69 Å². The zero-order chi connectivity index (χ0) is 20.9. The molecule has 1 aromatic carbocycles. The van der Waals surface area contributed by atoms with Gasteiger partial charge in [0.15, 0.2) is 10.9 Å². The highest BCUT2D eigenvalue weighted by molar-refractivity contribution is 7.99. The van der Waals surface area contributed by atoms with Crippen LogP contribution < -0.4 is 5.32 Å². The molecule has 0 unspecified atom stereocenters. The Morgan fingerprint density at radius 2 is 2.00 bits per heavy atom. The van der Waals surface area contributed by atoms with Gasteiger partial charge in [-0.1, -0.05) is 43.2 Å². The fourth-order valence-corrected chi connectivity index (χ4v) is 4.48. The summed E-state index contributed by atoms with van der Waals surface area (Å²) < 4.78 is 7.60. The van der Waals surface area contributed by atoms with Crippen molar-refractivity contribution in [2.75, 3.05) is 11.1 Å². The molecule has 0 spiro atoms. The van der Waals surface area contributed by atoms with E-state index in [1.165, 1.54) is 30.3 Å². The Morgan fingerprint density at radius 1 is 1.20 bits per heavy atom. The van der Waals surface area contributed by atoms with Crippen LogP contribution in [0.5, 0.6) is 0 Å². The first-order valence-corrected chi connectivity index (χ1v) is 10.8. The predicted octanol–water partition coefficient (Wildman–Crippen LogP) is 4.68. The molecule has 0 aliphatic heterocycles. The third-order valence-electron chi connectivity index (χ3n) is 5.05. The van der Waals surface area contributed by atoms with Crippen LogP contribution in [0.15, 0.2) is 52.2 Å². The average Bonchev–Trinajstić information content (AvgIpc) is 3.43. The molecule has 1 saturated carbocycles. The summed E-state index contributed by atoms with van der Waals surface area (Å²) in [6.07, 6.45) is 7.16. The number of thioether (sulfide) groups is 1. The molecule has 1 fully saturated rings. The van der Waals surface area contributed by atoms with E-state index in [9.17, 15) is 14.9 Å². The second-order valence-electron chi connectivity index (χ2n) is 7.06. The number of furan rings is 1. The molecule has 1 aliphatic rings. The average molecular weight is 427 g/mol. The Hall–Kier alpha value is -3.14. The number of amides is 1. The van der Waals surface area contributed by atoms with E-state index in [2.05, 4.69) is 20.1 Å². The minimum absolute atomic E-state index is 0.0645. The number of aromatic nitrogens is 3. The Balaban J connectivity index is 1.51. The quantitative estimate of drug-likeness (QED) is 0.330. The number of anilines is 1. The number of rotatable bonds is 7. The van der Waals surface area contributed by atoms with E-state index in [0.29, 0.717) is 16.7 Å². The maximum Gasteiger partial charge on any atom is 0.292 e. The summed E-state index contributed by atoms with van der Waals surface area (Å²) in [5.74, 6) is 1.03. The largest absolute Gasteiger partial charge is 0.461 e. The van der Waals surface area contributed by atoms with Gasteiger partial charge in [-0.05, 0) is 31.0 Å². The molecule has 9 nitrogen and oxygen atoms in total. The van der Waals surface area contributed by atoms with Gasteiger partial charge in [-0.2, -0.15) is 0 Å². The molecular weight excluding hydrogens is 406 g/mol. The van der Waals surface area contributed by atoms with Crippen LogP contribution in [0, 0.1) is 10.1 Å². The van der Waals surface area contributed by atoms with Crippen molar-refractivity contribution >= 4 is 29.0 Å². The van der Waals surface area contributed by atoms with Crippen LogP contribution in [0.25, 0.3) is 11.6 Å². The fraction of sp³-hybridized carbons (Fsp3) is 0.350. The van der Waals surface area contributed by atoms with Crippen LogP contribution in [0.3, 0.4) is 0 Å². The summed E-state index contributed by atoms with van der Waals surface area (Å²) in [5, 5.41) is 23.0. The van der Waals surface area contributed by atoms with Crippen LogP contribution in [-0.4, -0.2) is 31.3 Å². The van der Waals surface area contributed by atoms with Crippen molar-refractivity contribution < 1.29 is 14.1 Å². The van der Waals surface area contributed by atoms with Gasteiger partial charge in [-0.15, -0.1) is 10.2 Å². The number of carbonyl (C=O) groups excluding carboxylic acids is 1. The van der Waals surface area contributed by atoms with Crippen molar-refractivity contribution in [1.82, 2.24) is 14.8 Å². The standard InChI is InChI=1S/C20H21N5O4S/c26-18(21-15-9-4-5-10-16(15)25(27)28)13-30-20-23-22-19(17-11-6-12-29-17)24(20)14-7-2-1-3-8-14/h4-6,9-12,14H,1-3,7-8,13H2,(H,21,26). The molecule has 0 bridgehead atoms.